The molecule has 0 aliphatic rings. The Hall–Kier alpha value is -2.91. The van der Waals surface area contributed by atoms with Crippen LogP contribution in [0, 0.1) is 0 Å². The third-order valence-electron chi connectivity index (χ3n) is 4.03. The van der Waals surface area contributed by atoms with E-state index in [-0.39, 0.29) is 0 Å². The van der Waals surface area contributed by atoms with Gasteiger partial charge in [-0.2, -0.15) is 0 Å². The van der Waals surface area contributed by atoms with Gasteiger partial charge in [0.05, 0.1) is 0 Å². The van der Waals surface area contributed by atoms with E-state index in [0.29, 0.717) is 17.6 Å². The van der Waals surface area contributed by atoms with Crippen molar-refractivity contribution in [3.8, 4) is 17.0 Å². The van der Waals surface area contributed by atoms with Crippen LogP contribution in [0.15, 0.2) is 78.9 Å². The van der Waals surface area contributed by atoms with Crippen molar-refractivity contribution in [3.63, 3.8) is 0 Å². The first-order valence-corrected chi connectivity index (χ1v) is 8.37. The maximum absolute atomic E-state index is 6.22. The molecule has 0 unspecified atom stereocenters. The number of nitrogens with zero attached hydrogens (tertiary/aromatic N) is 2. The van der Waals surface area contributed by atoms with Crippen molar-refractivity contribution < 1.29 is 4.74 Å². The Balaban J connectivity index is 1.74. The maximum atomic E-state index is 6.22. The normalized spacial score (nSPS) is 10.8. The van der Waals surface area contributed by atoms with Crippen molar-refractivity contribution in [2.75, 3.05) is 0 Å². The predicted molar refractivity (Wildman–Crippen MR) is 101 cm³/mol. The first-order chi connectivity index (χ1) is 12.3. The van der Waals surface area contributed by atoms with E-state index in [1.165, 1.54) is 0 Å². The maximum Gasteiger partial charge on any atom is 0.241 e. The number of ether oxygens (including phenoxy) is 1. The molecule has 0 spiro atoms. The molecule has 4 aromatic rings. The predicted octanol–water partition coefficient (Wildman–Crippen LogP) is 5.53. The smallest absolute Gasteiger partial charge is 0.241 e. The van der Waals surface area contributed by atoms with Crippen LogP contribution in [0.25, 0.3) is 21.9 Å². The van der Waals surface area contributed by atoms with Gasteiger partial charge in [0.2, 0.25) is 5.88 Å². The number of fused-ring (bicyclic) bond motifs is 1. The topological polar surface area (TPSA) is 35.0 Å². The quantitative estimate of drug-likeness (QED) is 0.487. The Morgan fingerprint density at radius 1 is 0.720 bits per heavy atom. The van der Waals surface area contributed by atoms with Crippen LogP contribution in [-0.4, -0.2) is 10.2 Å². The summed E-state index contributed by atoms with van der Waals surface area (Å²) in [6, 6.07) is 26.2. The molecule has 0 aliphatic heterocycles. The lowest BCUT2D eigenvalue weighted by molar-refractivity contribution is 0.294. The van der Waals surface area contributed by atoms with E-state index in [1.54, 1.807) is 0 Å². The summed E-state index contributed by atoms with van der Waals surface area (Å²) < 4.78 is 5.92. The highest BCUT2D eigenvalue weighted by Gasteiger charge is 2.11. The highest BCUT2D eigenvalue weighted by atomic mass is 35.5. The zero-order valence-corrected chi connectivity index (χ0v) is 14.1. The van der Waals surface area contributed by atoms with Crippen molar-refractivity contribution in [1.29, 1.82) is 0 Å². The number of aromatic nitrogens is 2. The van der Waals surface area contributed by atoms with Crippen LogP contribution in [0.4, 0.5) is 0 Å². The molecule has 1 aromatic heterocycles. The summed E-state index contributed by atoms with van der Waals surface area (Å²) in [6.45, 7) is 0.432. The minimum absolute atomic E-state index is 0.377. The van der Waals surface area contributed by atoms with Gasteiger partial charge in [-0.1, -0.05) is 84.4 Å². The third kappa shape index (κ3) is 3.32. The molecule has 0 N–H and O–H groups in total. The Bertz CT molecular complexity index is 1000. The van der Waals surface area contributed by atoms with E-state index < -0.39 is 0 Å². The van der Waals surface area contributed by atoms with Crippen LogP contribution in [0.5, 0.6) is 5.88 Å². The van der Waals surface area contributed by atoms with Gasteiger partial charge in [0.25, 0.3) is 0 Å². The summed E-state index contributed by atoms with van der Waals surface area (Å²) in [5.74, 6) is 0.487. The number of halogens is 1. The van der Waals surface area contributed by atoms with Gasteiger partial charge < -0.3 is 4.74 Å². The van der Waals surface area contributed by atoms with E-state index in [1.807, 2.05) is 66.7 Å². The Labute approximate surface area is 150 Å². The largest absolute Gasteiger partial charge is 0.471 e. The number of benzene rings is 3. The van der Waals surface area contributed by atoms with E-state index >= 15 is 0 Å². The molecule has 0 saturated heterocycles. The molecule has 0 aliphatic carbocycles. The fourth-order valence-electron chi connectivity index (χ4n) is 2.74. The Morgan fingerprint density at radius 3 is 2.20 bits per heavy atom. The zero-order valence-electron chi connectivity index (χ0n) is 13.4. The van der Waals surface area contributed by atoms with Crippen LogP contribution in [0.1, 0.15) is 5.56 Å². The molecule has 122 valence electrons. The van der Waals surface area contributed by atoms with Crippen molar-refractivity contribution in [2.45, 2.75) is 6.61 Å². The van der Waals surface area contributed by atoms with Crippen LogP contribution in [0.3, 0.4) is 0 Å². The lowest BCUT2D eigenvalue weighted by Gasteiger charge is -2.10. The second-order valence-electron chi connectivity index (χ2n) is 5.70. The minimum atomic E-state index is 0.377. The summed E-state index contributed by atoms with van der Waals surface area (Å²) in [5, 5.41) is 10.2. The number of hydrogen-bond donors (Lipinski definition) is 0. The van der Waals surface area contributed by atoms with E-state index in [0.717, 1.165) is 27.5 Å². The second-order valence-corrected chi connectivity index (χ2v) is 6.05. The van der Waals surface area contributed by atoms with Gasteiger partial charge in [-0.3, -0.25) is 0 Å². The van der Waals surface area contributed by atoms with Crippen molar-refractivity contribution >= 4 is 22.4 Å². The summed E-state index contributed by atoms with van der Waals surface area (Å²) in [4.78, 5) is 0. The first kappa shape index (κ1) is 15.6. The van der Waals surface area contributed by atoms with E-state index in [4.69, 9.17) is 16.3 Å². The second kappa shape index (κ2) is 6.91. The summed E-state index contributed by atoms with van der Waals surface area (Å²) in [5.41, 5.74) is 3.29. The van der Waals surface area contributed by atoms with Crippen molar-refractivity contribution in [2.24, 2.45) is 0 Å². The lowest BCUT2D eigenvalue weighted by Crippen LogP contribution is -1.99. The van der Waals surface area contributed by atoms with Gasteiger partial charge in [0.1, 0.15) is 6.61 Å². The molecule has 0 atom stereocenters. The standard InChI is InChI=1S/C21H15ClN2O/c22-20-18-12-11-17(16-9-5-2-6-10-16)13-19(18)21(24-23-20)25-14-15-7-3-1-4-8-15/h1-13H,14H2. The zero-order chi connectivity index (χ0) is 17.1. The van der Waals surface area contributed by atoms with Crippen LogP contribution in [0.2, 0.25) is 5.15 Å². The molecule has 0 bridgehead atoms. The average molecular weight is 347 g/mol. The summed E-state index contributed by atoms with van der Waals surface area (Å²) in [6.07, 6.45) is 0. The van der Waals surface area contributed by atoms with Crippen LogP contribution in [-0.2, 0) is 6.61 Å². The fourth-order valence-corrected chi connectivity index (χ4v) is 2.94. The molecule has 0 saturated carbocycles. The van der Waals surface area contributed by atoms with Gasteiger partial charge in [-0.15, -0.1) is 10.2 Å². The molecule has 3 aromatic carbocycles. The van der Waals surface area contributed by atoms with E-state index in [9.17, 15) is 0 Å². The summed E-state index contributed by atoms with van der Waals surface area (Å²) >= 11 is 6.22. The van der Waals surface area contributed by atoms with Gasteiger partial charge in [0.15, 0.2) is 5.15 Å². The first-order valence-electron chi connectivity index (χ1n) is 7.99. The molecule has 3 nitrogen and oxygen atoms in total. The summed E-state index contributed by atoms with van der Waals surface area (Å²) in [7, 11) is 0. The number of rotatable bonds is 4. The molecule has 0 fully saturated rings. The highest BCUT2D eigenvalue weighted by Crippen LogP contribution is 2.32. The van der Waals surface area contributed by atoms with Gasteiger partial charge >= 0.3 is 0 Å². The lowest BCUT2D eigenvalue weighted by atomic mass is 10.0. The van der Waals surface area contributed by atoms with Crippen LogP contribution < -0.4 is 4.74 Å². The monoisotopic (exact) mass is 346 g/mol. The highest BCUT2D eigenvalue weighted by molar-refractivity contribution is 6.34. The molecule has 4 rings (SSSR count). The van der Waals surface area contributed by atoms with Crippen LogP contribution >= 0.6 is 11.6 Å². The van der Waals surface area contributed by atoms with Gasteiger partial charge in [0, 0.05) is 10.8 Å². The molecule has 0 amide bonds. The van der Waals surface area contributed by atoms with Gasteiger partial charge in [-0.25, -0.2) is 0 Å². The van der Waals surface area contributed by atoms with Crippen molar-refractivity contribution in [1.82, 2.24) is 10.2 Å². The van der Waals surface area contributed by atoms with Crippen molar-refractivity contribution in [3.05, 3.63) is 89.6 Å². The van der Waals surface area contributed by atoms with Gasteiger partial charge in [-0.05, 0) is 22.8 Å². The molecule has 25 heavy (non-hydrogen) atoms. The average Bonchev–Trinajstić information content (AvgIpc) is 2.69. The van der Waals surface area contributed by atoms with E-state index in [2.05, 4.69) is 22.3 Å². The molecule has 0 radical (unpaired) electrons. The fraction of sp³-hybridized carbons (Fsp3) is 0.0476. The molecular formula is C21H15ClN2O. The SMILES string of the molecule is Clc1nnc(OCc2ccccc2)c2cc(-c3ccccc3)ccc12. The minimum Gasteiger partial charge on any atom is -0.471 e. The molecular weight excluding hydrogens is 332 g/mol. The Kier molecular flexibility index (Phi) is 4.32. The third-order valence-corrected chi connectivity index (χ3v) is 4.31. The molecule has 1 heterocycles. The molecule has 4 heteroatoms. The Morgan fingerprint density at radius 2 is 1.44 bits per heavy atom. The number of hydrogen-bond acceptors (Lipinski definition) is 3.